The molecule has 2 rings (SSSR count). The molecule has 2 nitrogen and oxygen atoms in total. The van der Waals surface area contributed by atoms with Gasteiger partial charge in [-0.1, -0.05) is 29.8 Å². The number of rotatable bonds is 4. The first-order chi connectivity index (χ1) is 8.63. The van der Waals surface area contributed by atoms with Gasteiger partial charge < -0.3 is 5.32 Å². The normalized spacial score (nSPS) is 23.0. The number of alkyl halides is 1. The molecule has 1 aliphatic rings. The highest BCUT2D eigenvalue weighted by Gasteiger charge is 2.22. The van der Waals surface area contributed by atoms with Gasteiger partial charge in [0.2, 0.25) is 5.91 Å². The molecule has 1 fully saturated rings. The van der Waals surface area contributed by atoms with E-state index in [0.717, 1.165) is 31.4 Å². The van der Waals surface area contributed by atoms with Gasteiger partial charge >= 0.3 is 0 Å². The number of nitrogens with one attached hydrogen (secondary N) is 1. The predicted octanol–water partition coefficient (Wildman–Crippen LogP) is 3.06. The molecule has 0 spiro atoms. The van der Waals surface area contributed by atoms with Gasteiger partial charge in [-0.2, -0.15) is 0 Å². The van der Waals surface area contributed by atoms with E-state index in [9.17, 15) is 4.79 Å². The second kappa shape index (κ2) is 6.24. The molecular weight excluding hydrogens is 246 g/mol. The van der Waals surface area contributed by atoms with Crippen LogP contribution in [0.25, 0.3) is 0 Å². The maximum Gasteiger partial charge on any atom is 0.224 e. The van der Waals surface area contributed by atoms with Crippen LogP contribution in [0.3, 0.4) is 0 Å². The van der Waals surface area contributed by atoms with E-state index in [1.54, 1.807) is 0 Å². The second-order valence-corrected chi connectivity index (χ2v) is 5.86. The third-order valence-electron chi connectivity index (χ3n) is 3.51. The number of amides is 1. The van der Waals surface area contributed by atoms with Crippen LogP contribution < -0.4 is 5.32 Å². The highest BCUT2D eigenvalue weighted by atomic mass is 35.5. The van der Waals surface area contributed by atoms with Crippen LogP contribution in [0.1, 0.15) is 30.4 Å². The first-order valence-corrected chi connectivity index (χ1v) is 7.03. The lowest BCUT2D eigenvalue weighted by Gasteiger charge is -2.11. The van der Waals surface area contributed by atoms with Crippen molar-refractivity contribution < 1.29 is 4.79 Å². The van der Waals surface area contributed by atoms with Crippen molar-refractivity contribution in [1.29, 1.82) is 0 Å². The largest absolute Gasteiger partial charge is 0.356 e. The predicted molar refractivity (Wildman–Crippen MR) is 74.9 cm³/mol. The highest BCUT2D eigenvalue weighted by molar-refractivity contribution is 6.20. The molecule has 18 heavy (non-hydrogen) atoms. The molecule has 1 aromatic carbocycles. The highest BCUT2D eigenvalue weighted by Crippen LogP contribution is 2.28. The quantitative estimate of drug-likeness (QED) is 0.833. The van der Waals surface area contributed by atoms with Crippen molar-refractivity contribution in [3.05, 3.63) is 35.4 Å². The fraction of sp³-hybridized carbons (Fsp3) is 0.533. The van der Waals surface area contributed by atoms with Crippen LogP contribution in [0.4, 0.5) is 0 Å². The van der Waals surface area contributed by atoms with Crippen molar-refractivity contribution in [2.45, 2.75) is 38.0 Å². The average molecular weight is 266 g/mol. The first-order valence-electron chi connectivity index (χ1n) is 6.60. The van der Waals surface area contributed by atoms with Gasteiger partial charge in [-0.25, -0.2) is 0 Å². The van der Waals surface area contributed by atoms with Gasteiger partial charge in [0, 0.05) is 11.9 Å². The van der Waals surface area contributed by atoms with E-state index in [-0.39, 0.29) is 5.91 Å². The number of hydrogen-bond acceptors (Lipinski definition) is 1. The van der Waals surface area contributed by atoms with E-state index in [1.165, 1.54) is 5.56 Å². The lowest BCUT2D eigenvalue weighted by molar-refractivity contribution is -0.120. The van der Waals surface area contributed by atoms with E-state index in [0.29, 0.717) is 17.7 Å². The maximum atomic E-state index is 11.8. The summed E-state index contributed by atoms with van der Waals surface area (Å²) in [6.45, 7) is 2.81. The van der Waals surface area contributed by atoms with E-state index >= 15 is 0 Å². The van der Waals surface area contributed by atoms with Gasteiger partial charge in [0.15, 0.2) is 0 Å². The monoisotopic (exact) mass is 265 g/mol. The minimum Gasteiger partial charge on any atom is -0.356 e. The number of carbonyl (C=O) groups is 1. The zero-order valence-corrected chi connectivity index (χ0v) is 11.5. The van der Waals surface area contributed by atoms with Crippen LogP contribution in [0.15, 0.2) is 24.3 Å². The zero-order valence-electron chi connectivity index (χ0n) is 10.8. The number of benzene rings is 1. The molecule has 2 unspecified atom stereocenters. The standard InChI is InChI=1S/C15H20ClNO/c1-11-3-2-4-12(7-11)9-15(18)17-10-13-5-6-14(16)8-13/h2-4,7,13-14H,5-6,8-10H2,1H3,(H,17,18). The van der Waals surface area contributed by atoms with E-state index in [2.05, 4.69) is 11.4 Å². The molecule has 1 saturated carbocycles. The van der Waals surface area contributed by atoms with Gasteiger partial charge in [-0.05, 0) is 37.7 Å². The summed E-state index contributed by atoms with van der Waals surface area (Å²) >= 11 is 6.06. The molecule has 0 radical (unpaired) electrons. The average Bonchev–Trinajstić information content (AvgIpc) is 2.73. The van der Waals surface area contributed by atoms with Gasteiger partial charge in [0.1, 0.15) is 0 Å². The van der Waals surface area contributed by atoms with Crippen LogP contribution in [-0.4, -0.2) is 17.8 Å². The molecule has 2 atom stereocenters. The Morgan fingerprint density at radius 3 is 2.94 bits per heavy atom. The molecule has 98 valence electrons. The molecule has 0 aliphatic heterocycles. The summed E-state index contributed by atoms with van der Waals surface area (Å²) in [5.74, 6) is 0.674. The van der Waals surface area contributed by atoms with Crippen molar-refractivity contribution in [2.75, 3.05) is 6.54 Å². The van der Waals surface area contributed by atoms with Crippen molar-refractivity contribution in [3.63, 3.8) is 0 Å². The minimum atomic E-state index is 0.110. The Morgan fingerprint density at radius 2 is 2.28 bits per heavy atom. The van der Waals surface area contributed by atoms with Crippen molar-refractivity contribution >= 4 is 17.5 Å². The van der Waals surface area contributed by atoms with Gasteiger partial charge in [-0.15, -0.1) is 11.6 Å². The summed E-state index contributed by atoms with van der Waals surface area (Å²) < 4.78 is 0. The third kappa shape index (κ3) is 4.02. The molecular formula is C15H20ClNO. The number of halogens is 1. The van der Waals surface area contributed by atoms with Crippen LogP contribution >= 0.6 is 11.6 Å². The summed E-state index contributed by atoms with van der Waals surface area (Å²) in [4.78, 5) is 11.8. The molecule has 1 N–H and O–H groups in total. The summed E-state index contributed by atoms with van der Waals surface area (Å²) in [6.07, 6.45) is 3.73. The third-order valence-corrected chi connectivity index (χ3v) is 3.91. The minimum absolute atomic E-state index is 0.110. The molecule has 1 amide bonds. The summed E-state index contributed by atoms with van der Waals surface area (Å²) in [6, 6.07) is 8.09. The Kier molecular flexibility index (Phi) is 4.65. The van der Waals surface area contributed by atoms with Crippen molar-refractivity contribution in [3.8, 4) is 0 Å². The van der Waals surface area contributed by atoms with Crippen LogP contribution in [0.5, 0.6) is 0 Å². The summed E-state index contributed by atoms with van der Waals surface area (Å²) in [7, 11) is 0. The first kappa shape index (κ1) is 13.4. The number of hydrogen-bond donors (Lipinski definition) is 1. The van der Waals surface area contributed by atoms with Crippen LogP contribution in [0, 0.1) is 12.8 Å². The lowest BCUT2D eigenvalue weighted by Crippen LogP contribution is -2.29. The van der Waals surface area contributed by atoms with Gasteiger partial charge in [0.25, 0.3) is 0 Å². The Labute approximate surface area is 114 Å². The molecule has 1 aliphatic carbocycles. The van der Waals surface area contributed by atoms with Crippen molar-refractivity contribution in [1.82, 2.24) is 5.32 Å². The SMILES string of the molecule is Cc1cccc(CC(=O)NCC2CCC(Cl)C2)c1. The van der Waals surface area contributed by atoms with E-state index < -0.39 is 0 Å². The van der Waals surface area contributed by atoms with E-state index in [1.807, 2.05) is 25.1 Å². The van der Waals surface area contributed by atoms with Gasteiger partial charge in [-0.3, -0.25) is 4.79 Å². The fourth-order valence-electron chi connectivity index (χ4n) is 2.53. The fourth-order valence-corrected chi connectivity index (χ4v) is 2.91. The molecule has 0 saturated heterocycles. The Hall–Kier alpha value is -1.02. The number of aryl methyl sites for hydroxylation is 1. The topological polar surface area (TPSA) is 29.1 Å². The summed E-state index contributed by atoms with van der Waals surface area (Å²) in [5.41, 5.74) is 2.27. The molecule has 0 aromatic heterocycles. The molecule has 0 heterocycles. The van der Waals surface area contributed by atoms with Crippen molar-refractivity contribution in [2.24, 2.45) is 5.92 Å². The Balaban J connectivity index is 1.75. The summed E-state index contributed by atoms with van der Waals surface area (Å²) in [5, 5.41) is 3.32. The Bertz CT molecular complexity index is 419. The van der Waals surface area contributed by atoms with Crippen LogP contribution in [-0.2, 0) is 11.2 Å². The maximum absolute atomic E-state index is 11.8. The van der Waals surface area contributed by atoms with Gasteiger partial charge in [0.05, 0.1) is 6.42 Å². The Morgan fingerprint density at radius 1 is 1.44 bits per heavy atom. The lowest BCUT2D eigenvalue weighted by atomic mass is 10.1. The van der Waals surface area contributed by atoms with Crippen LogP contribution in [0.2, 0.25) is 0 Å². The second-order valence-electron chi connectivity index (χ2n) is 5.25. The zero-order chi connectivity index (χ0) is 13.0. The number of carbonyl (C=O) groups excluding carboxylic acids is 1. The molecule has 0 bridgehead atoms. The molecule has 1 aromatic rings. The van der Waals surface area contributed by atoms with E-state index in [4.69, 9.17) is 11.6 Å². The molecule has 3 heteroatoms. The smallest absolute Gasteiger partial charge is 0.224 e.